The van der Waals surface area contributed by atoms with Gasteiger partial charge in [-0.15, -0.1) is 0 Å². The van der Waals surface area contributed by atoms with Gasteiger partial charge in [0.25, 0.3) is 5.91 Å². The van der Waals surface area contributed by atoms with Crippen LogP contribution in [-0.2, 0) is 16.0 Å². The fraction of sp³-hybridized carbons (Fsp3) is 0.263. The largest absolute Gasteiger partial charge is 0.484 e. The molecule has 0 aromatic heterocycles. The first-order chi connectivity index (χ1) is 12.4. The van der Waals surface area contributed by atoms with E-state index in [1.54, 1.807) is 25.1 Å². The third-order valence-electron chi connectivity index (χ3n) is 4.16. The van der Waals surface area contributed by atoms with Crippen molar-refractivity contribution in [3.8, 4) is 5.75 Å². The van der Waals surface area contributed by atoms with Crippen LogP contribution in [0.5, 0.6) is 5.75 Å². The van der Waals surface area contributed by atoms with Crippen LogP contribution in [0.4, 0.5) is 14.5 Å². The number of fused-ring (bicyclic) bond motifs is 1. The molecule has 136 valence electrons. The topological polar surface area (TPSA) is 67.4 Å². The van der Waals surface area contributed by atoms with Crippen molar-refractivity contribution < 1.29 is 23.1 Å². The predicted molar refractivity (Wildman–Crippen MR) is 91.8 cm³/mol. The lowest BCUT2D eigenvalue weighted by molar-refractivity contribution is -0.123. The van der Waals surface area contributed by atoms with Crippen molar-refractivity contribution >= 4 is 17.5 Å². The Morgan fingerprint density at radius 2 is 2.00 bits per heavy atom. The van der Waals surface area contributed by atoms with Crippen LogP contribution >= 0.6 is 0 Å². The molecule has 2 N–H and O–H groups in total. The highest BCUT2D eigenvalue weighted by Crippen LogP contribution is 2.26. The van der Waals surface area contributed by atoms with E-state index in [2.05, 4.69) is 10.6 Å². The molecule has 1 aliphatic heterocycles. The van der Waals surface area contributed by atoms with Crippen molar-refractivity contribution in [1.82, 2.24) is 5.32 Å². The van der Waals surface area contributed by atoms with E-state index in [1.165, 1.54) is 6.07 Å². The third-order valence-corrected chi connectivity index (χ3v) is 4.16. The highest BCUT2D eigenvalue weighted by Gasteiger charge is 2.16. The Balaban J connectivity index is 1.55. The van der Waals surface area contributed by atoms with Gasteiger partial charge in [0.2, 0.25) is 5.91 Å². The minimum absolute atomic E-state index is 0.0169. The number of rotatable bonds is 5. The average molecular weight is 360 g/mol. The van der Waals surface area contributed by atoms with Gasteiger partial charge in [0.1, 0.15) is 5.75 Å². The molecular weight excluding hydrogens is 342 g/mol. The van der Waals surface area contributed by atoms with Crippen LogP contribution in [0.1, 0.15) is 30.5 Å². The van der Waals surface area contributed by atoms with E-state index >= 15 is 0 Å². The standard InChI is InChI=1S/C19H18F2N2O3/c1-11(12-2-5-15(20)16(21)9-12)22-19(25)10-26-14-4-6-17-13(8-14)3-7-18(24)23-17/h2,4-6,8-9,11H,3,7,10H2,1H3,(H,22,25)(H,23,24). The first kappa shape index (κ1) is 17.8. The number of nitrogens with one attached hydrogen (secondary N) is 2. The average Bonchev–Trinajstić information content (AvgIpc) is 2.62. The van der Waals surface area contributed by atoms with Crippen LogP contribution in [0.2, 0.25) is 0 Å². The first-order valence-corrected chi connectivity index (χ1v) is 8.22. The molecule has 1 aliphatic rings. The van der Waals surface area contributed by atoms with E-state index in [9.17, 15) is 18.4 Å². The van der Waals surface area contributed by atoms with Crippen LogP contribution in [0.25, 0.3) is 0 Å². The number of anilines is 1. The van der Waals surface area contributed by atoms with Gasteiger partial charge in [0.15, 0.2) is 18.2 Å². The maximum Gasteiger partial charge on any atom is 0.258 e. The van der Waals surface area contributed by atoms with Gasteiger partial charge >= 0.3 is 0 Å². The zero-order valence-electron chi connectivity index (χ0n) is 14.1. The summed E-state index contributed by atoms with van der Waals surface area (Å²) >= 11 is 0. The second-order valence-electron chi connectivity index (χ2n) is 6.12. The molecule has 5 nitrogen and oxygen atoms in total. The van der Waals surface area contributed by atoms with E-state index in [0.717, 1.165) is 23.4 Å². The van der Waals surface area contributed by atoms with E-state index < -0.39 is 17.7 Å². The van der Waals surface area contributed by atoms with Gasteiger partial charge in [-0.2, -0.15) is 0 Å². The molecule has 2 amide bonds. The maximum absolute atomic E-state index is 13.3. The molecule has 0 saturated heterocycles. The van der Waals surface area contributed by atoms with E-state index in [0.29, 0.717) is 24.2 Å². The van der Waals surface area contributed by atoms with Crippen molar-refractivity contribution in [3.63, 3.8) is 0 Å². The van der Waals surface area contributed by atoms with Crippen LogP contribution in [0.3, 0.4) is 0 Å². The summed E-state index contributed by atoms with van der Waals surface area (Å²) in [4.78, 5) is 23.4. The number of hydrogen-bond donors (Lipinski definition) is 2. The normalized spacial score (nSPS) is 14.2. The molecule has 2 aromatic rings. The van der Waals surface area contributed by atoms with Crippen LogP contribution in [0, 0.1) is 11.6 Å². The minimum atomic E-state index is -0.957. The highest BCUT2D eigenvalue weighted by molar-refractivity contribution is 5.94. The Hall–Kier alpha value is -2.96. The Morgan fingerprint density at radius 3 is 2.77 bits per heavy atom. The number of benzene rings is 2. The summed E-state index contributed by atoms with van der Waals surface area (Å²) in [6, 6.07) is 8.22. The molecule has 1 atom stereocenters. The van der Waals surface area contributed by atoms with Crippen molar-refractivity contribution in [1.29, 1.82) is 0 Å². The SMILES string of the molecule is CC(NC(=O)COc1ccc2c(c1)CCC(=O)N2)c1ccc(F)c(F)c1. The van der Waals surface area contributed by atoms with Crippen molar-refractivity contribution in [2.24, 2.45) is 0 Å². The van der Waals surface area contributed by atoms with Crippen LogP contribution in [0.15, 0.2) is 36.4 Å². The number of carbonyl (C=O) groups excluding carboxylic acids is 2. The number of amides is 2. The second-order valence-corrected chi connectivity index (χ2v) is 6.12. The van der Waals surface area contributed by atoms with Gasteiger partial charge in [0.05, 0.1) is 6.04 Å². The van der Waals surface area contributed by atoms with Gasteiger partial charge in [-0.3, -0.25) is 9.59 Å². The van der Waals surface area contributed by atoms with Crippen molar-refractivity contribution in [2.75, 3.05) is 11.9 Å². The van der Waals surface area contributed by atoms with Gasteiger partial charge in [-0.05, 0) is 54.8 Å². The Labute approximate surface area is 149 Å². The number of hydrogen-bond acceptors (Lipinski definition) is 3. The summed E-state index contributed by atoms with van der Waals surface area (Å²) in [5, 5.41) is 5.44. The van der Waals surface area contributed by atoms with Crippen LogP contribution < -0.4 is 15.4 Å². The number of carbonyl (C=O) groups is 2. The fourth-order valence-electron chi connectivity index (χ4n) is 2.75. The molecule has 3 rings (SSSR count). The maximum atomic E-state index is 13.3. The molecule has 1 unspecified atom stereocenters. The molecule has 0 bridgehead atoms. The molecular formula is C19H18F2N2O3. The van der Waals surface area contributed by atoms with Crippen LogP contribution in [-0.4, -0.2) is 18.4 Å². The molecule has 0 spiro atoms. The monoisotopic (exact) mass is 360 g/mol. The van der Waals surface area contributed by atoms with Gasteiger partial charge in [-0.1, -0.05) is 6.07 Å². The van der Waals surface area contributed by atoms with Gasteiger partial charge in [0, 0.05) is 12.1 Å². The molecule has 7 heteroatoms. The summed E-state index contributed by atoms with van der Waals surface area (Å²) in [6.45, 7) is 1.46. The quantitative estimate of drug-likeness (QED) is 0.861. The predicted octanol–water partition coefficient (Wildman–Crippen LogP) is 3.11. The lowest BCUT2D eigenvalue weighted by atomic mass is 10.0. The smallest absolute Gasteiger partial charge is 0.258 e. The molecule has 1 heterocycles. The summed E-state index contributed by atoms with van der Waals surface area (Å²) < 4.78 is 31.7. The Kier molecular flexibility index (Phi) is 5.16. The van der Waals surface area contributed by atoms with Crippen molar-refractivity contribution in [2.45, 2.75) is 25.8 Å². The lowest BCUT2D eigenvalue weighted by Gasteiger charge is -2.18. The minimum Gasteiger partial charge on any atom is -0.484 e. The van der Waals surface area contributed by atoms with Gasteiger partial charge in [-0.25, -0.2) is 8.78 Å². The molecule has 26 heavy (non-hydrogen) atoms. The summed E-state index contributed by atoms with van der Waals surface area (Å²) in [6.07, 6.45) is 1.04. The summed E-state index contributed by atoms with van der Waals surface area (Å²) in [5.74, 6) is -1.76. The molecule has 2 aromatic carbocycles. The number of halogens is 2. The number of ether oxygens (including phenoxy) is 1. The summed E-state index contributed by atoms with van der Waals surface area (Å²) in [7, 11) is 0. The zero-order valence-corrected chi connectivity index (χ0v) is 14.1. The number of aryl methyl sites for hydroxylation is 1. The van der Waals surface area contributed by atoms with Gasteiger partial charge < -0.3 is 15.4 Å². The Bertz CT molecular complexity index is 855. The van der Waals surface area contributed by atoms with Crippen molar-refractivity contribution in [3.05, 3.63) is 59.2 Å². The third kappa shape index (κ3) is 4.17. The zero-order chi connectivity index (χ0) is 18.7. The van der Waals surface area contributed by atoms with E-state index in [4.69, 9.17) is 4.74 Å². The lowest BCUT2D eigenvalue weighted by Crippen LogP contribution is -2.31. The summed E-state index contributed by atoms with van der Waals surface area (Å²) in [5.41, 5.74) is 2.17. The first-order valence-electron chi connectivity index (χ1n) is 8.22. The second kappa shape index (κ2) is 7.51. The van der Waals surface area contributed by atoms with E-state index in [1.807, 2.05) is 0 Å². The Morgan fingerprint density at radius 1 is 1.19 bits per heavy atom. The van der Waals surface area contributed by atoms with E-state index in [-0.39, 0.29) is 18.4 Å². The molecule has 0 fully saturated rings. The molecule has 0 aliphatic carbocycles. The highest BCUT2D eigenvalue weighted by atomic mass is 19.2. The molecule has 0 radical (unpaired) electrons. The fourth-order valence-corrected chi connectivity index (χ4v) is 2.75. The molecule has 0 saturated carbocycles.